The van der Waals surface area contributed by atoms with Crippen LogP contribution in [0.4, 0.5) is 0 Å². The molecule has 0 N–H and O–H groups in total. The van der Waals surface area contributed by atoms with Crippen molar-refractivity contribution < 1.29 is 26.4 Å². The van der Waals surface area contributed by atoms with Crippen LogP contribution < -0.4 is 0 Å². The summed E-state index contributed by atoms with van der Waals surface area (Å²) in [7, 11) is -7.17. The van der Waals surface area contributed by atoms with Crippen molar-refractivity contribution in [3.8, 4) is 0 Å². The van der Waals surface area contributed by atoms with Gasteiger partial charge in [0, 0.05) is 6.26 Å². The molecule has 0 aliphatic rings. The highest BCUT2D eigenvalue weighted by Gasteiger charge is 2.33. The predicted molar refractivity (Wildman–Crippen MR) is 68.8 cm³/mol. The normalized spacial score (nSPS) is 14.2. The monoisotopic (exact) mass is 300 g/mol. The minimum Gasteiger partial charge on any atom is -0.465 e. The Hall–Kier alpha value is -0.630. The van der Waals surface area contributed by atoms with Crippen molar-refractivity contribution in [2.24, 2.45) is 0 Å². The van der Waals surface area contributed by atoms with Crippen molar-refractivity contribution in [3.63, 3.8) is 0 Å². The molecule has 0 radical (unpaired) electrons. The summed E-state index contributed by atoms with van der Waals surface area (Å²) in [5, 5.41) is -1.26. The van der Waals surface area contributed by atoms with Gasteiger partial charge in [-0.25, -0.2) is 16.8 Å². The molecule has 108 valence electrons. The van der Waals surface area contributed by atoms with E-state index in [0.717, 1.165) is 6.26 Å². The van der Waals surface area contributed by atoms with Gasteiger partial charge in [-0.2, -0.15) is 0 Å². The summed E-state index contributed by atoms with van der Waals surface area (Å²) in [5.41, 5.74) is 0. The number of hydrogen-bond donors (Lipinski definition) is 0. The molecule has 0 fully saturated rings. The molecule has 6 nitrogen and oxygen atoms in total. The van der Waals surface area contributed by atoms with E-state index in [2.05, 4.69) is 0 Å². The molecule has 1 unspecified atom stereocenters. The van der Waals surface area contributed by atoms with Gasteiger partial charge in [0.2, 0.25) is 0 Å². The largest absolute Gasteiger partial charge is 0.465 e. The Morgan fingerprint density at radius 2 is 1.67 bits per heavy atom. The van der Waals surface area contributed by atoms with Crippen LogP contribution in [0.1, 0.15) is 26.7 Å². The van der Waals surface area contributed by atoms with Crippen molar-refractivity contribution in [1.29, 1.82) is 0 Å². The van der Waals surface area contributed by atoms with Gasteiger partial charge in [0.15, 0.2) is 15.1 Å². The molecule has 0 rings (SSSR count). The Balaban J connectivity index is 4.93. The maximum Gasteiger partial charge on any atom is 0.324 e. The van der Waals surface area contributed by atoms with Crippen LogP contribution in [0.2, 0.25) is 0 Å². The predicted octanol–water partition coefficient (Wildman–Crippen LogP) is 0.178. The third-order valence-electron chi connectivity index (χ3n) is 2.27. The second kappa shape index (κ2) is 7.08. The van der Waals surface area contributed by atoms with Crippen LogP contribution in [0.3, 0.4) is 0 Å². The molecular weight excluding hydrogens is 280 g/mol. The quantitative estimate of drug-likeness (QED) is 0.593. The Bertz CT molecular complexity index is 463. The highest BCUT2D eigenvalue weighted by atomic mass is 32.2. The summed E-state index contributed by atoms with van der Waals surface area (Å²) >= 11 is 0. The van der Waals surface area contributed by atoms with E-state index in [-0.39, 0.29) is 13.0 Å². The van der Waals surface area contributed by atoms with Gasteiger partial charge < -0.3 is 4.74 Å². The molecule has 0 saturated heterocycles. The Labute approximate surface area is 109 Å². The maximum absolute atomic E-state index is 11.9. The molecule has 0 aromatic heterocycles. The van der Waals surface area contributed by atoms with E-state index in [1.807, 2.05) is 0 Å². The number of ether oxygens (including phenoxy) is 1. The first-order valence-corrected chi connectivity index (χ1v) is 9.47. The molecule has 0 saturated carbocycles. The van der Waals surface area contributed by atoms with E-state index in [9.17, 15) is 21.6 Å². The van der Waals surface area contributed by atoms with Gasteiger partial charge in [-0.15, -0.1) is 0 Å². The Morgan fingerprint density at radius 3 is 2.06 bits per heavy atom. The van der Waals surface area contributed by atoms with E-state index in [1.165, 1.54) is 0 Å². The lowest BCUT2D eigenvalue weighted by atomic mass is 10.2. The van der Waals surface area contributed by atoms with Crippen LogP contribution >= 0.6 is 0 Å². The average Bonchev–Trinajstić information content (AvgIpc) is 2.22. The summed E-state index contributed by atoms with van der Waals surface area (Å²) < 4.78 is 50.5. The zero-order valence-electron chi connectivity index (χ0n) is 10.9. The SMILES string of the molecule is CCCC(C(=O)OCC)S(=O)(=O)CCS(C)(=O)=O. The standard InChI is InChI=1S/C10H20O6S2/c1-4-6-9(10(11)16-5-2)18(14,15)8-7-17(3,12)13/h9H,4-8H2,1-3H3. The molecule has 0 amide bonds. The zero-order chi connectivity index (χ0) is 14.4. The molecule has 0 aromatic rings. The van der Waals surface area contributed by atoms with Gasteiger partial charge in [-0.3, -0.25) is 4.79 Å². The topological polar surface area (TPSA) is 94.6 Å². The van der Waals surface area contributed by atoms with Gasteiger partial charge in [-0.1, -0.05) is 13.3 Å². The zero-order valence-corrected chi connectivity index (χ0v) is 12.5. The first-order chi connectivity index (χ1) is 8.14. The van der Waals surface area contributed by atoms with Gasteiger partial charge in [0.1, 0.15) is 9.84 Å². The second-order valence-corrected chi connectivity index (χ2v) is 8.59. The Kier molecular flexibility index (Phi) is 6.83. The molecule has 0 aliphatic heterocycles. The minimum absolute atomic E-state index is 0.0979. The van der Waals surface area contributed by atoms with E-state index < -0.39 is 42.4 Å². The summed E-state index contributed by atoms with van der Waals surface area (Å²) in [5.74, 6) is -1.82. The lowest BCUT2D eigenvalue weighted by Gasteiger charge is -2.15. The van der Waals surface area contributed by atoms with E-state index in [1.54, 1.807) is 13.8 Å². The van der Waals surface area contributed by atoms with Crippen molar-refractivity contribution in [3.05, 3.63) is 0 Å². The van der Waals surface area contributed by atoms with Crippen LogP contribution in [0, 0.1) is 0 Å². The highest BCUT2D eigenvalue weighted by Crippen LogP contribution is 2.12. The van der Waals surface area contributed by atoms with E-state index in [0.29, 0.717) is 6.42 Å². The number of hydrogen-bond acceptors (Lipinski definition) is 6. The smallest absolute Gasteiger partial charge is 0.324 e. The Morgan fingerprint density at radius 1 is 1.11 bits per heavy atom. The van der Waals surface area contributed by atoms with Gasteiger partial charge in [0.05, 0.1) is 18.1 Å². The first-order valence-electron chi connectivity index (χ1n) is 5.70. The van der Waals surface area contributed by atoms with Gasteiger partial charge >= 0.3 is 5.97 Å². The summed E-state index contributed by atoms with van der Waals surface area (Å²) in [6.45, 7) is 3.43. The van der Waals surface area contributed by atoms with Gasteiger partial charge in [0.25, 0.3) is 0 Å². The van der Waals surface area contributed by atoms with Gasteiger partial charge in [-0.05, 0) is 13.3 Å². The fraction of sp³-hybridized carbons (Fsp3) is 0.900. The van der Waals surface area contributed by atoms with Crippen LogP contribution in [0.15, 0.2) is 0 Å². The summed E-state index contributed by atoms with van der Waals surface area (Å²) in [4.78, 5) is 11.6. The number of sulfone groups is 2. The molecule has 0 heterocycles. The molecule has 8 heteroatoms. The van der Waals surface area contributed by atoms with Crippen molar-refractivity contribution >= 4 is 25.6 Å². The van der Waals surface area contributed by atoms with E-state index >= 15 is 0 Å². The molecule has 18 heavy (non-hydrogen) atoms. The third kappa shape index (κ3) is 6.34. The van der Waals surface area contributed by atoms with Crippen LogP contribution in [0.5, 0.6) is 0 Å². The third-order valence-corrected chi connectivity index (χ3v) is 5.54. The van der Waals surface area contributed by atoms with Crippen LogP contribution in [-0.2, 0) is 29.2 Å². The van der Waals surface area contributed by atoms with Crippen molar-refractivity contribution in [2.45, 2.75) is 31.9 Å². The van der Waals surface area contributed by atoms with Crippen molar-refractivity contribution in [2.75, 3.05) is 24.4 Å². The molecule has 1 atom stereocenters. The van der Waals surface area contributed by atoms with Crippen molar-refractivity contribution in [1.82, 2.24) is 0 Å². The number of esters is 1. The fourth-order valence-electron chi connectivity index (χ4n) is 1.35. The maximum atomic E-state index is 11.9. The minimum atomic E-state index is -3.79. The number of carbonyl (C=O) groups is 1. The lowest BCUT2D eigenvalue weighted by Crippen LogP contribution is -2.35. The molecule has 0 bridgehead atoms. The molecule has 0 aromatic carbocycles. The summed E-state index contributed by atoms with van der Waals surface area (Å²) in [6.07, 6.45) is 1.61. The second-order valence-electron chi connectivity index (χ2n) is 4.03. The number of carbonyl (C=O) groups excluding carboxylic acids is 1. The summed E-state index contributed by atoms with van der Waals surface area (Å²) in [6, 6.07) is 0. The lowest BCUT2D eigenvalue weighted by molar-refractivity contribution is -0.142. The fourth-order valence-corrected chi connectivity index (χ4v) is 4.73. The van der Waals surface area contributed by atoms with Crippen LogP contribution in [-0.4, -0.2) is 52.4 Å². The van der Waals surface area contributed by atoms with E-state index in [4.69, 9.17) is 4.74 Å². The molecule has 0 aliphatic carbocycles. The first kappa shape index (κ1) is 17.4. The average molecular weight is 300 g/mol. The number of rotatable bonds is 8. The molecular formula is C10H20O6S2. The molecule has 0 spiro atoms. The van der Waals surface area contributed by atoms with Crippen LogP contribution in [0.25, 0.3) is 0 Å². The highest BCUT2D eigenvalue weighted by molar-refractivity contribution is 7.95.